The number of benzene rings is 2. The molecule has 2 aromatic carbocycles. The van der Waals surface area contributed by atoms with Crippen LogP contribution in [0.4, 0.5) is 18.9 Å². The molecule has 0 radical (unpaired) electrons. The van der Waals surface area contributed by atoms with Gasteiger partial charge in [0.05, 0.1) is 11.2 Å². The molecular weight excluding hydrogens is 591 g/mol. The first-order valence-electron chi connectivity index (χ1n) is 16.7. The number of anilines is 1. The van der Waals surface area contributed by atoms with E-state index in [9.17, 15) is 9.50 Å². The van der Waals surface area contributed by atoms with Gasteiger partial charge in [-0.05, 0) is 85.2 Å². The monoisotopic (exact) mass is 631 g/mol. The number of nitrogens with one attached hydrogen (secondary N) is 1. The van der Waals surface area contributed by atoms with Gasteiger partial charge in [-0.2, -0.15) is 4.98 Å². The van der Waals surface area contributed by atoms with Gasteiger partial charge < -0.3 is 20.1 Å². The lowest BCUT2D eigenvalue weighted by molar-refractivity contribution is 0.111. The minimum Gasteiger partial charge on any atom is -0.508 e. The summed E-state index contributed by atoms with van der Waals surface area (Å²) in [5.41, 5.74) is 1.56. The molecule has 7 nitrogen and oxygen atoms in total. The van der Waals surface area contributed by atoms with Gasteiger partial charge in [-0.25, -0.2) is 18.2 Å². The highest BCUT2D eigenvalue weighted by Crippen LogP contribution is 2.43. The first-order chi connectivity index (χ1) is 22.2. The van der Waals surface area contributed by atoms with Gasteiger partial charge in [0.1, 0.15) is 35.9 Å². The zero-order valence-electron chi connectivity index (χ0n) is 26.3. The Balaban J connectivity index is 1.28. The Hall–Kier alpha value is -3.63. The summed E-state index contributed by atoms with van der Waals surface area (Å²) in [4.78, 5) is 14.1. The second-order valence-corrected chi connectivity index (χ2v) is 13.9. The standard InChI is InChI=1S/C36H40F3N5O2/c1-3-20(2)32-28(38)8-5-21-11-25(45)12-27(33(21)32)34-29(39)13-26-30(43-17-23-6-7-24(18-43)40-23)14-31(41-35(26)42-34)46-19-36-9-4-10-44(36)16-22(37)15-36/h5,8,11-14,20,22-24,40,45H,3-4,6-7,9-10,15-19H2,1-2H3/t20?,22-,23?,24?,36+/m1/s1. The van der Waals surface area contributed by atoms with E-state index >= 15 is 8.78 Å². The molecule has 4 aliphatic rings. The molecule has 4 saturated heterocycles. The molecule has 0 aliphatic carbocycles. The molecule has 5 atom stereocenters. The number of aromatic hydroxyl groups is 1. The van der Waals surface area contributed by atoms with Gasteiger partial charge in [0, 0.05) is 55.2 Å². The number of aromatic nitrogens is 2. The van der Waals surface area contributed by atoms with Crippen molar-refractivity contribution < 1.29 is 23.0 Å². The predicted octanol–water partition coefficient (Wildman–Crippen LogP) is 6.84. The molecule has 242 valence electrons. The van der Waals surface area contributed by atoms with Crippen LogP contribution >= 0.6 is 0 Å². The van der Waals surface area contributed by atoms with E-state index in [-0.39, 0.29) is 28.7 Å². The Morgan fingerprint density at radius 1 is 1.07 bits per heavy atom. The lowest BCUT2D eigenvalue weighted by atomic mass is 9.88. The van der Waals surface area contributed by atoms with Crippen LogP contribution in [0.1, 0.15) is 63.9 Å². The summed E-state index contributed by atoms with van der Waals surface area (Å²) >= 11 is 0. The lowest BCUT2D eigenvalue weighted by Gasteiger charge is -2.35. The van der Waals surface area contributed by atoms with Crippen molar-refractivity contribution in [2.75, 3.05) is 37.7 Å². The molecule has 4 aromatic rings. The van der Waals surface area contributed by atoms with E-state index in [2.05, 4.69) is 15.1 Å². The Labute approximate surface area is 266 Å². The Bertz CT molecular complexity index is 1830. The Morgan fingerprint density at radius 2 is 1.87 bits per heavy atom. The minimum absolute atomic E-state index is 0.00356. The molecule has 2 aromatic heterocycles. The van der Waals surface area contributed by atoms with Gasteiger partial charge in [-0.15, -0.1) is 0 Å². The van der Waals surface area contributed by atoms with Crippen molar-refractivity contribution in [3.63, 3.8) is 0 Å². The Kier molecular flexibility index (Phi) is 7.28. The highest BCUT2D eigenvalue weighted by molar-refractivity contribution is 6.01. The second-order valence-electron chi connectivity index (χ2n) is 13.9. The maximum atomic E-state index is 16.4. The zero-order valence-corrected chi connectivity index (χ0v) is 26.3. The summed E-state index contributed by atoms with van der Waals surface area (Å²) in [7, 11) is 0. The smallest absolute Gasteiger partial charge is 0.217 e. The third kappa shape index (κ3) is 4.96. The largest absolute Gasteiger partial charge is 0.508 e. The molecule has 4 fully saturated rings. The van der Waals surface area contributed by atoms with Gasteiger partial charge in [0.25, 0.3) is 0 Å². The van der Waals surface area contributed by atoms with Crippen molar-refractivity contribution in [3.05, 3.63) is 53.6 Å². The van der Waals surface area contributed by atoms with Gasteiger partial charge in [0.2, 0.25) is 5.88 Å². The van der Waals surface area contributed by atoms with E-state index in [1.165, 1.54) is 18.2 Å². The maximum Gasteiger partial charge on any atom is 0.217 e. The molecule has 6 heterocycles. The van der Waals surface area contributed by atoms with E-state index in [0.29, 0.717) is 76.9 Å². The number of pyridine rings is 2. The molecule has 4 aliphatic heterocycles. The molecule has 2 N–H and O–H groups in total. The van der Waals surface area contributed by atoms with E-state index in [0.717, 1.165) is 51.0 Å². The number of alkyl halides is 1. The SMILES string of the molecule is CCC(C)c1c(F)ccc2cc(O)cc(-c3nc4nc(OC[C@@]56CCCN5C[C@H](F)C6)cc(N5CC6CCC(C5)N6)c4cc3F)c12. The van der Waals surface area contributed by atoms with Crippen molar-refractivity contribution in [1.29, 1.82) is 0 Å². The summed E-state index contributed by atoms with van der Waals surface area (Å²) in [6.45, 7) is 7.09. The molecule has 0 spiro atoms. The summed E-state index contributed by atoms with van der Waals surface area (Å²) < 4.78 is 52.7. The van der Waals surface area contributed by atoms with Crippen LogP contribution in [0.25, 0.3) is 33.1 Å². The van der Waals surface area contributed by atoms with Crippen molar-refractivity contribution in [2.24, 2.45) is 0 Å². The number of fused-ring (bicyclic) bond motifs is 5. The zero-order chi connectivity index (χ0) is 31.7. The third-order valence-electron chi connectivity index (χ3n) is 11.0. The molecule has 0 saturated carbocycles. The number of hydrogen-bond donors (Lipinski definition) is 2. The number of piperazine rings is 1. The summed E-state index contributed by atoms with van der Waals surface area (Å²) in [5, 5.41) is 16.1. The van der Waals surface area contributed by atoms with Gasteiger partial charge in [0.15, 0.2) is 5.65 Å². The number of phenolic OH excluding ortho intramolecular Hbond substituents is 1. The number of nitrogens with zero attached hydrogens (tertiary/aromatic N) is 4. The summed E-state index contributed by atoms with van der Waals surface area (Å²) in [5.74, 6) is -0.779. The number of ether oxygens (including phenoxy) is 1. The van der Waals surface area contributed by atoms with Crippen molar-refractivity contribution in [1.82, 2.24) is 20.2 Å². The van der Waals surface area contributed by atoms with E-state index in [1.807, 2.05) is 19.9 Å². The van der Waals surface area contributed by atoms with Crippen LogP contribution in [0.5, 0.6) is 11.6 Å². The van der Waals surface area contributed by atoms with Crippen LogP contribution in [0.2, 0.25) is 0 Å². The van der Waals surface area contributed by atoms with Crippen LogP contribution in [0, 0.1) is 11.6 Å². The molecule has 46 heavy (non-hydrogen) atoms. The maximum absolute atomic E-state index is 16.4. The second kappa shape index (κ2) is 11.3. The first kappa shape index (κ1) is 29.8. The quantitative estimate of drug-likeness (QED) is 0.231. The fourth-order valence-electron chi connectivity index (χ4n) is 8.58. The molecule has 0 amide bonds. The predicted molar refractivity (Wildman–Crippen MR) is 173 cm³/mol. The fourth-order valence-corrected chi connectivity index (χ4v) is 8.58. The van der Waals surface area contributed by atoms with Crippen molar-refractivity contribution in [3.8, 4) is 22.9 Å². The molecule has 8 rings (SSSR count). The summed E-state index contributed by atoms with van der Waals surface area (Å²) in [6.07, 6.45) is 4.33. The summed E-state index contributed by atoms with van der Waals surface area (Å²) in [6, 6.07) is 10.1. The van der Waals surface area contributed by atoms with Crippen molar-refractivity contribution in [2.45, 2.75) is 82.1 Å². The van der Waals surface area contributed by atoms with Crippen LogP contribution in [0.15, 0.2) is 36.4 Å². The molecule has 2 bridgehead atoms. The Morgan fingerprint density at radius 3 is 2.65 bits per heavy atom. The minimum atomic E-state index is -0.866. The van der Waals surface area contributed by atoms with Gasteiger partial charge in [-0.3, -0.25) is 4.90 Å². The van der Waals surface area contributed by atoms with Crippen LogP contribution in [-0.4, -0.2) is 76.6 Å². The average molecular weight is 632 g/mol. The average Bonchev–Trinajstić information content (AvgIpc) is 3.69. The van der Waals surface area contributed by atoms with Crippen molar-refractivity contribution >= 4 is 27.5 Å². The first-order valence-corrected chi connectivity index (χ1v) is 16.7. The fraction of sp³-hybridized carbons (Fsp3) is 0.500. The lowest BCUT2D eigenvalue weighted by Crippen LogP contribution is -2.51. The van der Waals surface area contributed by atoms with E-state index in [1.54, 1.807) is 12.1 Å². The molecular formula is C36H40F3N5O2. The highest BCUT2D eigenvalue weighted by atomic mass is 19.1. The van der Waals surface area contributed by atoms with Gasteiger partial charge in [-0.1, -0.05) is 19.9 Å². The normalized spacial score (nSPS) is 26.7. The number of phenols is 1. The highest BCUT2D eigenvalue weighted by Gasteiger charge is 2.49. The number of rotatable bonds is 7. The number of hydrogen-bond acceptors (Lipinski definition) is 7. The number of halogens is 3. The van der Waals surface area contributed by atoms with E-state index < -0.39 is 12.0 Å². The third-order valence-corrected chi connectivity index (χ3v) is 11.0. The molecule has 3 unspecified atom stereocenters. The van der Waals surface area contributed by atoms with E-state index in [4.69, 9.17) is 14.7 Å². The van der Waals surface area contributed by atoms with Gasteiger partial charge >= 0.3 is 0 Å². The van der Waals surface area contributed by atoms with Crippen LogP contribution in [-0.2, 0) is 0 Å². The molecule has 10 heteroatoms. The van der Waals surface area contributed by atoms with Crippen LogP contribution < -0.4 is 15.0 Å². The topological polar surface area (TPSA) is 73.8 Å². The van der Waals surface area contributed by atoms with Crippen LogP contribution in [0.3, 0.4) is 0 Å².